The van der Waals surface area contributed by atoms with Crippen molar-refractivity contribution >= 4 is 21.9 Å². The second-order valence-electron chi connectivity index (χ2n) is 9.92. The Morgan fingerprint density at radius 1 is 1.00 bits per heavy atom. The van der Waals surface area contributed by atoms with E-state index in [4.69, 9.17) is 37.9 Å². The van der Waals surface area contributed by atoms with Crippen molar-refractivity contribution in [2.45, 2.75) is 38.1 Å². The molecular weight excluding hydrogens is 560 g/mol. The number of benzene rings is 2. The Labute approximate surface area is 230 Å². The predicted molar refractivity (Wildman–Crippen MR) is 141 cm³/mol. The Morgan fingerprint density at radius 2 is 1.66 bits per heavy atom. The highest BCUT2D eigenvalue weighted by Gasteiger charge is 2.53. The van der Waals surface area contributed by atoms with Gasteiger partial charge in [0, 0.05) is 17.2 Å². The summed E-state index contributed by atoms with van der Waals surface area (Å²) in [6.07, 6.45) is 0.298. The van der Waals surface area contributed by atoms with Crippen LogP contribution in [0.5, 0.6) is 28.7 Å². The van der Waals surface area contributed by atoms with Crippen LogP contribution in [0.25, 0.3) is 0 Å². The molecule has 3 aliphatic rings. The highest BCUT2D eigenvalue weighted by molar-refractivity contribution is 9.09. The average molecular weight is 593 g/mol. The van der Waals surface area contributed by atoms with E-state index in [1.54, 1.807) is 21.3 Å². The molecule has 1 aliphatic carbocycles. The van der Waals surface area contributed by atoms with Gasteiger partial charge < -0.3 is 37.9 Å². The fraction of sp³-hybridized carbons (Fsp3) is 0.536. The molecule has 0 amide bonds. The van der Waals surface area contributed by atoms with Crippen molar-refractivity contribution in [2.24, 2.45) is 11.8 Å². The second kappa shape index (κ2) is 10.8. The number of carbonyl (C=O) groups excluding carboxylic acids is 1. The first-order valence-corrected chi connectivity index (χ1v) is 13.7. The van der Waals surface area contributed by atoms with Crippen molar-refractivity contribution < 1.29 is 42.7 Å². The van der Waals surface area contributed by atoms with Crippen LogP contribution in [0.1, 0.15) is 49.0 Å². The van der Waals surface area contributed by atoms with Crippen LogP contribution in [0, 0.1) is 11.8 Å². The summed E-state index contributed by atoms with van der Waals surface area (Å²) in [6.45, 7) is 4.52. The third-order valence-corrected chi connectivity index (χ3v) is 7.86. The molecule has 0 spiro atoms. The number of methoxy groups -OCH3 is 3. The lowest BCUT2D eigenvalue weighted by Crippen LogP contribution is -2.50. The maximum atomic E-state index is 13.9. The van der Waals surface area contributed by atoms with E-state index in [0.717, 1.165) is 22.0 Å². The van der Waals surface area contributed by atoms with Gasteiger partial charge in [-0.25, -0.2) is 0 Å². The number of carbonyl (C=O) groups is 1. The van der Waals surface area contributed by atoms with Crippen LogP contribution in [0.3, 0.4) is 0 Å². The van der Waals surface area contributed by atoms with Crippen LogP contribution >= 0.6 is 15.9 Å². The molecule has 2 heterocycles. The smallest absolute Gasteiger partial charge is 0.310 e. The minimum atomic E-state index is -0.821. The number of halogens is 1. The Morgan fingerprint density at radius 3 is 2.26 bits per heavy atom. The van der Waals surface area contributed by atoms with E-state index >= 15 is 0 Å². The first-order chi connectivity index (χ1) is 18.3. The monoisotopic (exact) mass is 592 g/mol. The summed E-state index contributed by atoms with van der Waals surface area (Å²) < 4.78 is 46.7. The lowest BCUT2D eigenvalue weighted by molar-refractivity contribution is -0.304. The molecule has 9 nitrogen and oxygen atoms in total. The largest absolute Gasteiger partial charge is 0.493 e. The van der Waals surface area contributed by atoms with Gasteiger partial charge in [-0.2, -0.15) is 0 Å². The van der Waals surface area contributed by atoms with E-state index in [9.17, 15) is 4.79 Å². The van der Waals surface area contributed by atoms with Gasteiger partial charge in [0.05, 0.1) is 46.6 Å². The van der Waals surface area contributed by atoms with Gasteiger partial charge in [-0.3, -0.25) is 4.79 Å². The number of fused-ring (bicyclic) bond motifs is 4. The number of alkyl halides is 1. The molecule has 5 rings (SSSR count). The molecule has 0 saturated carbocycles. The van der Waals surface area contributed by atoms with Crippen molar-refractivity contribution in [1.82, 2.24) is 0 Å². The maximum absolute atomic E-state index is 13.9. The number of esters is 1. The van der Waals surface area contributed by atoms with E-state index in [-0.39, 0.29) is 18.7 Å². The van der Waals surface area contributed by atoms with Crippen LogP contribution in [-0.2, 0) is 19.0 Å². The third kappa shape index (κ3) is 4.78. The molecule has 2 aromatic carbocycles. The van der Waals surface area contributed by atoms with E-state index in [1.807, 2.05) is 38.1 Å². The van der Waals surface area contributed by atoms with Gasteiger partial charge in [0.15, 0.2) is 28.8 Å². The summed E-state index contributed by atoms with van der Waals surface area (Å²) in [4.78, 5) is 13.9. The lowest BCUT2D eigenvalue weighted by atomic mass is 9.64. The van der Waals surface area contributed by atoms with Crippen molar-refractivity contribution in [3.8, 4) is 28.7 Å². The molecule has 10 heteroatoms. The molecular formula is C28H33BrO9. The average Bonchev–Trinajstić information content (AvgIpc) is 3.37. The topological polar surface area (TPSA) is 90.9 Å². The fourth-order valence-corrected chi connectivity index (χ4v) is 5.86. The predicted octanol–water partition coefficient (Wildman–Crippen LogP) is 4.97. The summed E-state index contributed by atoms with van der Waals surface area (Å²) in [5, 5.41) is 0.736. The standard InChI is InChI=1S/C28H33BrO9/c1-28(2)37-13-18-24(27(30)34-8-6-7-29)23(15-9-21(31-3)26(33-5)22(10-15)32-4)16-11-19-20(36-14-35-19)12-17(16)25(18)38-28/h9-12,18,23-25H,6-8,13-14H2,1-5H3/t18-,23+,24+,25-/m0/s1. The summed E-state index contributed by atoms with van der Waals surface area (Å²) in [5.41, 5.74) is 2.63. The first-order valence-electron chi connectivity index (χ1n) is 12.6. The lowest BCUT2D eigenvalue weighted by Gasteiger charge is -2.49. The minimum absolute atomic E-state index is 0.134. The second-order valence-corrected chi connectivity index (χ2v) is 10.7. The van der Waals surface area contributed by atoms with Gasteiger partial charge in [-0.15, -0.1) is 0 Å². The number of hydrogen-bond acceptors (Lipinski definition) is 9. The molecule has 206 valence electrons. The molecule has 0 N–H and O–H groups in total. The first kappa shape index (κ1) is 26.9. The Balaban J connectivity index is 1.72. The molecule has 2 aliphatic heterocycles. The van der Waals surface area contributed by atoms with Gasteiger partial charge in [0.2, 0.25) is 12.5 Å². The molecule has 2 aromatic rings. The summed E-state index contributed by atoms with van der Waals surface area (Å²) in [6, 6.07) is 7.68. The molecule has 4 atom stereocenters. The van der Waals surface area contributed by atoms with E-state index in [0.29, 0.717) is 48.4 Å². The van der Waals surface area contributed by atoms with Gasteiger partial charge in [0.25, 0.3) is 0 Å². The van der Waals surface area contributed by atoms with Gasteiger partial charge in [0.1, 0.15) is 0 Å². The van der Waals surface area contributed by atoms with Gasteiger partial charge >= 0.3 is 5.97 Å². The van der Waals surface area contributed by atoms with Crippen LogP contribution < -0.4 is 23.7 Å². The summed E-state index contributed by atoms with van der Waals surface area (Å²) >= 11 is 3.41. The van der Waals surface area contributed by atoms with Crippen LogP contribution in [0.15, 0.2) is 24.3 Å². The Bertz CT molecular complexity index is 1170. The normalized spacial score (nSPS) is 24.7. The van der Waals surface area contributed by atoms with Crippen LogP contribution in [0.4, 0.5) is 0 Å². The molecule has 1 saturated heterocycles. The quantitative estimate of drug-likeness (QED) is 0.239. The SMILES string of the molecule is COc1cc([C@@H]2c3cc4c(cc3[C@@H]3OC(C)(C)OC[C@H]3[C@H]2C(=O)OCCCBr)OCO4)cc(OC)c1OC. The third-order valence-electron chi connectivity index (χ3n) is 7.30. The molecule has 0 bridgehead atoms. The maximum Gasteiger partial charge on any atom is 0.310 e. The fourth-order valence-electron chi connectivity index (χ4n) is 5.63. The van der Waals surface area contributed by atoms with Crippen molar-refractivity contribution in [1.29, 1.82) is 0 Å². The minimum Gasteiger partial charge on any atom is -0.493 e. The van der Waals surface area contributed by atoms with Crippen LogP contribution in [0.2, 0.25) is 0 Å². The van der Waals surface area contributed by atoms with E-state index in [1.165, 1.54) is 0 Å². The molecule has 0 unspecified atom stereocenters. The zero-order chi connectivity index (χ0) is 27.0. The van der Waals surface area contributed by atoms with E-state index in [2.05, 4.69) is 15.9 Å². The zero-order valence-electron chi connectivity index (χ0n) is 22.2. The molecule has 0 radical (unpaired) electrons. The summed E-state index contributed by atoms with van der Waals surface area (Å²) in [7, 11) is 4.70. The number of rotatable bonds is 8. The number of ether oxygens (including phenoxy) is 8. The molecule has 1 fully saturated rings. The van der Waals surface area contributed by atoms with Gasteiger partial charge in [-0.1, -0.05) is 15.9 Å². The highest BCUT2D eigenvalue weighted by Crippen LogP contribution is 2.57. The number of hydrogen-bond donors (Lipinski definition) is 0. The van der Waals surface area contributed by atoms with Crippen molar-refractivity contribution in [2.75, 3.05) is 46.7 Å². The van der Waals surface area contributed by atoms with Gasteiger partial charge in [-0.05, 0) is 61.2 Å². The molecule has 38 heavy (non-hydrogen) atoms. The summed E-state index contributed by atoms with van der Waals surface area (Å²) in [5.74, 6) is 0.256. The Kier molecular flexibility index (Phi) is 7.66. The van der Waals surface area contributed by atoms with Crippen LogP contribution in [-0.4, -0.2) is 58.4 Å². The highest BCUT2D eigenvalue weighted by atomic mass is 79.9. The van der Waals surface area contributed by atoms with Crippen molar-refractivity contribution in [3.05, 3.63) is 41.0 Å². The molecule has 0 aromatic heterocycles. The Hall–Kier alpha value is -2.69. The van der Waals surface area contributed by atoms with Crippen molar-refractivity contribution in [3.63, 3.8) is 0 Å². The van der Waals surface area contributed by atoms with E-state index < -0.39 is 23.7 Å². The zero-order valence-corrected chi connectivity index (χ0v) is 23.8.